The quantitative estimate of drug-likeness (QED) is 0.903. The molecule has 122 valence electrons. The van der Waals surface area contributed by atoms with Gasteiger partial charge in [-0.3, -0.25) is 4.79 Å². The maximum atomic E-state index is 12.9. The first-order valence-electron chi connectivity index (χ1n) is 7.83. The molecule has 1 aromatic heterocycles. The normalized spacial score (nSPS) is 21.1. The van der Waals surface area contributed by atoms with E-state index in [-0.39, 0.29) is 17.6 Å². The SMILES string of the molecule is C[C@@H]1C[C@H](C(=O)Nc2ncc(Cc3ccc(F)cc3)s2)CCN1. The Labute approximate surface area is 139 Å². The summed E-state index contributed by atoms with van der Waals surface area (Å²) >= 11 is 1.47. The maximum absolute atomic E-state index is 12.9. The van der Waals surface area contributed by atoms with Gasteiger partial charge in [-0.15, -0.1) is 11.3 Å². The summed E-state index contributed by atoms with van der Waals surface area (Å²) in [5.41, 5.74) is 1.03. The van der Waals surface area contributed by atoms with E-state index < -0.39 is 0 Å². The molecular formula is C17H20FN3OS. The van der Waals surface area contributed by atoms with Crippen molar-refractivity contribution in [2.75, 3.05) is 11.9 Å². The van der Waals surface area contributed by atoms with Gasteiger partial charge in [-0.1, -0.05) is 12.1 Å². The summed E-state index contributed by atoms with van der Waals surface area (Å²) in [5, 5.41) is 6.91. The number of hydrogen-bond acceptors (Lipinski definition) is 4. The topological polar surface area (TPSA) is 54.0 Å². The van der Waals surface area contributed by atoms with Crippen molar-refractivity contribution in [3.8, 4) is 0 Å². The van der Waals surface area contributed by atoms with Crippen LogP contribution in [0.4, 0.5) is 9.52 Å². The minimum absolute atomic E-state index is 0.0516. The molecule has 0 saturated carbocycles. The van der Waals surface area contributed by atoms with E-state index >= 15 is 0 Å². The first-order valence-corrected chi connectivity index (χ1v) is 8.65. The van der Waals surface area contributed by atoms with E-state index in [0.717, 1.165) is 29.8 Å². The van der Waals surface area contributed by atoms with Gasteiger partial charge in [0.25, 0.3) is 0 Å². The van der Waals surface area contributed by atoms with E-state index in [1.807, 2.05) is 0 Å². The molecule has 0 aliphatic carbocycles. The lowest BCUT2D eigenvalue weighted by molar-refractivity contribution is -0.120. The zero-order valence-electron chi connectivity index (χ0n) is 13.0. The Balaban J connectivity index is 1.58. The summed E-state index contributed by atoms with van der Waals surface area (Å²) in [6.45, 7) is 2.98. The van der Waals surface area contributed by atoms with Crippen molar-refractivity contribution in [3.63, 3.8) is 0 Å². The van der Waals surface area contributed by atoms with Crippen molar-refractivity contribution in [2.24, 2.45) is 5.92 Å². The van der Waals surface area contributed by atoms with E-state index in [1.165, 1.54) is 23.5 Å². The van der Waals surface area contributed by atoms with Gasteiger partial charge in [0.1, 0.15) is 5.82 Å². The Morgan fingerprint density at radius 2 is 2.22 bits per heavy atom. The highest BCUT2D eigenvalue weighted by atomic mass is 32.1. The number of benzene rings is 1. The molecule has 0 spiro atoms. The fourth-order valence-electron chi connectivity index (χ4n) is 2.83. The summed E-state index contributed by atoms with van der Waals surface area (Å²) < 4.78 is 12.9. The molecule has 0 bridgehead atoms. The van der Waals surface area contributed by atoms with Crippen LogP contribution in [0, 0.1) is 11.7 Å². The second-order valence-electron chi connectivity index (χ2n) is 6.00. The van der Waals surface area contributed by atoms with Crippen LogP contribution in [-0.2, 0) is 11.2 Å². The van der Waals surface area contributed by atoms with Gasteiger partial charge in [-0.25, -0.2) is 9.37 Å². The van der Waals surface area contributed by atoms with Crippen molar-refractivity contribution < 1.29 is 9.18 Å². The van der Waals surface area contributed by atoms with Gasteiger partial charge in [0, 0.05) is 29.5 Å². The standard InChI is InChI=1S/C17H20FN3OS/c1-11-8-13(6-7-19-11)16(22)21-17-20-10-15(23-17)9-12-2-4-14(18)5-3-12/h2-5,10-11,13,19H,6-9H2,1H3,(H,20,21,22)/t11-,13-/m1/s1. The Morgan fingerprint density at radius 1 is 1.43 bits per heavy atom. The average Bonchev–Trinajstić information content (AvgIpc) is 2.96. The smallest absolute Gasteiger partial charge is 0.229 e. The third-order valence-electron chi connectivity index (χ3n) is 4.07. The number of nitrogens with one attached hydrogen (secondary N) is 2. The Bertz CT molecular complexity index is 671. The van der Waals surface area contributed by atoms with Crippen LogP contribution in [0.2, 0.25) is 0 Å². The summed E-state index contributed by atoms with van der Waals surface area (Å²) in [6, 6.07) is 6.83. The number of piperidine rings is 1. The first-order chi connectivity index (χ1) is 11.1. The molecule has 2 atom stereocenters. The predicted molar refractivity (Wildman–Crippen MR) is 90.1 cm³/mol. The third-order valence-corrected chi connectivity index (χ3v) is 4.98. The van der Waals surface area contributed by atoms with Crippen molar-refractivity contribution >= 4 is 22.4 Å². The number of nitrogens with zero attached hydrogens (tertiary/aromatic N) is 1. The second-order valence-corrected chi connectivity index (χ2v) is 7.12. The predicted octanol–water partition coefficient (Wildman–Crippen LogP) is 3.20. The number of halogens is 1. The molecule has 1 aromatic carbocycles. The fraction of sp³-hybridized carbons (Fsp3) is 0.412. The molecule has 1 aliphatic rings. The lowest BCUT2D eigenvalue weighted by Crippen LogP contribution is -2.40. The van der Waals surface area contributed by atoms with Crippen LogP contribution < -0.4 is 10.6 Å². The zero-order chi connectivity index (χ0) is 16.2. The number of rotatable bonds is 4. The molecule has 1 fully saturated rings. The molecular weight excluding hydrogens is 313 g/mol. The van der Waals surface area contributed by atoms with Crippen molar-refractivity contribution in [1.82, 2.24) is 10.3 Å². The molecule has 2 N–H and O–H groups in total. The van der Waals surface area contributed by atoms with Gasteiger partial charge < -0.3 is 10.6 Å². The van der Waals surface area contributed by atoms with Gasteiger partial charge in [0.15, 0.2) is 5.13 Å². The number of aromatic nitrogens is 1. The van der Waals surface area contributed by atoms with Gasteiger partial charge in [-0.2, -0.15) is 0 Å². The summed E-state index contributed by atoms with van der Waals surface area (Å²) in [5.74, 6) is -0.126. The van der Waals surface area contributed by atoms with Crippen LogP contribution in [-0.4, -0.2) is 23.5 Å². The van der Waals surface area contributed by atoms with Crippen molar-refractivity contribution in [1.29, 1.82) is 0 Å². The second kappa shape index (κ2) is 7.19. The Morgan fingerprint density at radius 3 is 2.96 bits per heavy atom. The molecule has 4 nitrogen and oxygen atoms in total. The number of anilines is 1. The zero-order valence-corrected chi connectivity index (χ0v) is 13.8. The lowest BCUT2D eigenvalue weighted by Gasteiger charge is -2.26. The molecule has 1 aliphatic heterocycles. The van der Waals surface area contributed by atoms with Gasteiger partial charge in [0.05, 0.1) is 0 Å². The maximum Gasteiger partial charge on any atom is 0.229 e. The Hall–Kier alpha value is -1.79. The fourth-order valence-corrected chi connectivity index (χ4v) is 3.68. The van der Waals surface area contributed by atoms with Crippen LogP contribution in [0.15, 0.2) is 30.5 Å². The molecule has 2 heterocycles. The Kier molecular flexibility index (Phi) is 5.03. The van der Waals surface area contributed by atoms with Crippen LogP contribution in [0.5, 0.6) is 0 Å². The number of thiazole rings is 1. The molecule has 1 saturated heterocycles. The highest BCUT2D eigenvalue weighted by Gasteiger charge is 2.25. The van der Waals surface area contributed by atoms with Gasteiger partial charge in [0.2, 0.25) is 5.91 Å². The molecule has 1 amide bonds. The minimum atomic E-state index is -0.234. The molecule has 6 heteroatoms. The number of carbonyl (C=O) groups is 1. The number of amides is 1. The van der Waals surface area contributed by atoms with Crippen LogP contribution >= 0.6 is 11.3 Å². The highest BCUT2D eigenvalue weighted by molar-refractivity contribution is 7.15. The van der Waals surface area contributed by atoms with Crippen LogP contribution in [0.25, 0.3) is 0 Å². The molecule has 0 radical (unpaired) electrons. The first kappa shape index (κ1) is 16.1. The van der Waals surface area contributed by atoms with Crippen LogP contribution in [0.3, 0.4) is 0 Å². The largest absolute Gasteiger partial charge is 0.314 e. The number of carbonyl (C=O) groups excluding carboxylic acids is 1. The van der Waals surface area contributed by atoms with Crippen molar-refractivity contribution in [2.45, 2.75) is 32.2 Å². The van der Waals surface area contributed by atoms with Crippen molar-refractivity contribution in [3.05, 3.63) is 46.7 Å². The molecule has 23 heavy (non-hydrogen) atoms. The lowest BCUT2D eigenvalue weighted by atomic mass is 9.93. The molecule has 0 unspecified atom stereocenters. The summed E-state index contributed by atoms with van der Waals surface area (Å²) in [6.07, 6.45) is 4.19. The summed E-state index contributed by atoms with van der Waals surface area (Å²) in [4.78, 5) is 17.6. The van der Waals surface area contributed by atoms with E-state index in [9.17, 15) is 9.18 Å². The van der Waals surface area contributed by atoms with Gasteiger partial charge >= 0.3 is 0 Å². The highest BCUT2D eigenvalue weighted by Crippen LogP contribution is 2.24. The third kappa shape index (κ3) is 4.36. The number of hydrogen-bond donors (Lipinski definition) is 2. The summed E-state index contributed by atoms with van der Waals surface area (Å²) in [7, 11) is 0. The average molecular weight is 333 g/mol. The van der Waals surface area contributed by atoms with Gasteiger partial charge in [-0.05, 0) is 44.0 Å². The molecule has 2 aromatic rings. The van der Waals surface area contributed by atoms with E-state index in [2.05, 4.69) is 22.5 Å². The van der Waals surface area contributed by atoms with E-state index in [0.29, 0.717) is 17.6 Å². The molecule has 3 rings (SSSR count). The van der Waals surface area contributed by atoms with Crippen LogP contribution in [0.1, 0.15) is 30.2 Å². The minimum Gasteiger partial charge on any atom is -0.314 e. The monoisotopic (exact) mass is 333 g/mol. The van der Waals surface area contributed by atoms with E-state index in [1.54, 1.807) is 18.3 Å². The van der Waals surface area contributed by atoms with E-state index in [4.69, 9.17) is 0 Å².